The minimum Gasteiger partial charge on any atom is -0.463 e. The lowest BCUT2D eigenvalue weighted by Gasteiger charge is -2.38. The molecule has 0 aliphatic carbocycles. The lowest BCUT2D eigenvalue weighted by Crippen LogP contribution is -2.52. The molecule has 4 rings (SSSR count). The molecular formula is C25H29ClN4O3. The Labute approximate surface area is 199 Å². The van der Waals surface area contributed by atoms with Crippen molar-refractivity contribution in [1.29, 1.82) is 0 Å². The number of rotatable bonds is 6. The number of para-hydroxylation sites is 1. The maximum atomic E-state index is 13.0. The molecule has 174 valence electrons. The van der Waals surface area contributed by atoms with Crippen LogP contribution in [0.25, 0.3) is 0 Å². The van der Waals surface area contributed by atoms with Gasteiger partial charge >= 0.3 is 12.0 Å². The molecule has 2 aliphatic heterocycles. The van der Waals surface area contributed by atoms with Crippen LogP contribution in [-0.4, -0.2) is 56.2 Å². The highest BCUT2D eigenvalue weighted by Crippen LogP contribution is 2.32. The molecule has 0 spiro atoms. The van der Waals surface area contributed by atoms with E-state index in [0.29, 0.717) is 28.4 Å². The summed E-state index contributed by atoms with van der Waals surface area (Å²) in [6.07, 6.45) is 0. The minimum absolute atomic E-state index is 0.244. The Kier molecular flexibility index (Phi) is 7.20. The van der Waals surface area contributed by atoms with Gasteiger partial charge in [-0.25, -0.2) is 9.59 Å². The Morgan fingerprint density at radius 2 is 1.79 bits per heavy atom. The zero-order chi connectivity index (χ0) is 23.4. The van der Waals surface area contributed by atoms with E-state index in [4.69, 9.17) is 16.3 Å². The van der Waals surface area contributed by atoms with Crippen LogP contribution in [-0.2, 0) is 9.53 Å². The number of halogens is 1. The van der Waals surface area contributed by atoms with Crippen molar-refractivity contribution in [3.8, 4) is 0 Å². The first-order valence-electron chi connectivity index (χ1n) is 11.2. The SMILES string of the molecule is CCOC(=O)C1=C(CN2CCN(c3ccccc3C)CC2)NC(=O)N[C@H]1c1ccccc1Cl. The summed E-state index contributed by atoms with van der Waals surface area (Å²) in [5.74, 6) is -0.455. The maximum absolute atomic E-state index is 13.0. The first-order chi connectivity index (χ1) is 16.0. The van der Waals surface area contributed by atoms with Gasteiger partial charge in [0.15, 0.2) is 0 Å². The molecule has 1 atom stereocenters. The second kappa shape index (κ2) is 10.3. The fraction of sp³-hybridized carbons (Fsp3) is 0.360. The number of aryl methyl sites for hydroxylation is 1. The highest BCUT2D eigenvalue weighted by atomic mass is 35.5. The summed E-state index contributed by atoms with van der Waals surface area (Å²) in [7, 11) is 0. The van der Waals surface area contributed by atoms with Gasteiger partial charge in [0, 0.05) is 49.1 Å². The molecule has 0 aromatic heterocycles. The van der Waals surface area contributed by atoms with Gasteiger partial charge in [-0.2, -0.15) is 0 Å². The van der Waals surface area contributed by atoms with Gasteiger partial charge in [-0.15, -0.1) is 0 Å². The third-order valence-electron chi connectivity index (χ3n) is 6.08. The number of hydrogen-bond acceptors (Lipinski definition) is 5. The molecule has 0 radical (unpaired) electrons. The zero-order valence-corrected chi connectivity index (χ0v) is 19.7. The molecule has 2 aromatic rings. The van der Waals surface area contributed by atoms with Crippen molar-refractivity contribution < 1.29 is 14.3 Å². The lowest BCUT2D eigenvalue weighted by atomic mass is 9.94. The predicted octanol–water partition coefficient (Wildman–Crippen LogP) is 3.64. The van der Waals surface area contributed by atoms with Crippen molar-refractivity contribution in [3.63, 3.8) is 0 Å². The number of ether oxygens (including phenoxy) is 1. The Balaban J connectivity index is 1.57. The second-order valence-corrected chi connectivity index (χ2v) is 8.62. The number of carbonyl (C=O) groups is 2. The minimum atomic E-state index is -0.672. The second-order valence-electron chi connectivity index (χ2n) is 8.22. The van der Waals surface area contributed by atoms with Crippen LogP contribution in [0.3, 0.4) is 0 Å². The van der Waals surface area contributed by atoms with Gasteiger partial charge in [-0.1, -0.05) is 48.0 Å². The smallest absolute Gasteiger partial charge is 0.338 e. The van der Waals surface area contributed by atoms with E-state index in [-0.39, 0.29) is 12.6 Å². The summed E-state index contributed by atoms with van der Waals surface area (Å²) in [6.45, 7) is 7.94. The molecule has 0 bridgehead atoms. The lowest BCUT2D eigenvalue weighted by molar-refractivity contribution is -0.139. The van der Waals surface area contributed by atoms with Gasteiger partial charge in [0.1, 0.15) is 0 Å². The van der Waals surface area contributed by atoms with Crippen LogP contribution in [0.1, 0.15) is 24.1 Å². The fourth-order valence-electron chi connectivity index (χ4n) is 4.42. The van der Waals surface area contributed by atoms with E-state index in [1.807, 2.05) is 24.3 Å². The van der Waals surface area contributed by atoms with E-state index in [0.717, 1.165) is 26.2 Å². The molecule has 2 heterocycles. The summed E-state index contributed by atoms with van der Waals surface area (Å²) in [5, 5.41) is 6.18. The standard InChI is InChI=1S/C25H29ClN4O3/c1-3-33-24(31)22-20(27-25(32)28-23(22)18-9-5-6-10-19(18)26)16-29-12-14-30(15-13-29)21-11-7-4-8-17(21)2/h4-11,23H,3,12-16H2,1-2H3,(H2,27,28,32)/t23-/m0/s1. The molecule has 2 amide bonds. The van der Waals surface area contributed by atoms with Gasteiger partial charge in [-0.3, -0.25) is 4.90 Å². The van der Waals surface area contributed by atoms with Crippen LogP contribution < -0.4 is 15.5 Å². The molecule has 33 heavy (non-hydrogen) atoms. The number of carbonyl (C=O) groups excluding carboxylic acids is 2. The van der Waals surface area contributed by atoms with Gasteiger partial charge < -0.3 is 20.3 Å². The van der Waals surface area contributed by atoms with Crippen molar-refractivity contribution >= 4 is 29.3 Å². The Morgan fingerprint density at radius 1 is 1.09 bits per heavy atom. The number of urea groups is 1. The number of nitrogens with zero attached hydrogens (tertiary/aromatic N) is 2. The predicted molar refractivity (Wildman–Crippen MR) is 129 cm³/mol. The molecule has 1 fully saturated rings. The number of amides is 2. The van der Waals surface area contributed by atoms with E-state index < -0.39 is 12.0 Å². The normalized spacial score (nSPS) is 19.2. The van der Waals surface area contributed by atoms with Gasteiger partial charge in [0.2, 0.25) is 0 Å². The van der Waals surface area contributed by atoms with Crippen LogP contribution in [0, 0.1) is 6.92 Å². The van der Waals surface area contributed by atoms with Crippen molar-refractivity contribution in [2.24, 2.45) is 0 Å². The largest absolute Gasteiger partial charge is 0.463 e. The maximum Gasteiger partial charge on any atom is 0.338 e. The number of esters is 1. The highest BCUT2D eigenvalue weighted by Gasteiger charge is 2.35. The monoisotopic (exact) mass is 468 g/mol. The van der Waals surface area contributed by atoms with Gasteiger partial charge in [0.25, 0.3) is 0 Å². The number of nitrogens with one attached hydrogen (secondary N) is 2. The fourth-order valence-corrected chi connectivity index (χ4v) is 4.67. The molecule has 2 aliphatic rings. The molecule has 2 N–H and O–H groups in total. The topological polar surface area (TPSA) is 73.9 Å². The molecule has 7 nitrogen and oxygen atoms in total. The Bertz CT molecular complexity index is 1060. The summed E-state index contributed by atoms with van der Waals surface area (Å²) < 4.78 is 5.36. The van der Waals surface area contributed by atoms with Crippen LogP contribution in [0.2, 0.25) is 5.02 Å². The molecule has 0 unspecified atom stereocenters. The molecule has 0 saturated carbocycles. The Morgan fingerprint density at radius 3 is 2.48 bits per heavy atom. The summed E-state index contributed by atoms with van der Waals surface area (Å²) >= 11 is 6.42. The highest BCUT2D eigenvalue weighted by molar-refractivity contribution is 6.31. The summed E-state index contributed by atoms with van der Waals surface area (Å²) in [5.41, 5.74) is 4.13. The van der Waals surface area contributed by atoms with Gasteiger partial charge in [0.05, 0.1) is 18.2 Å². The average Bonchev–Trinajstić information content (AvgIpc) is 2.80. The first kappa shape index (κ1) is 23.1. The number of hydrogen-bond donors (Lipinski definition) is 2. The van der Waals surface area contributed by atoms with Crippen LogP contribution >= 0.6 is 11.6 Å². The molecule has 1 saturated heterocycles. The van der Waals surface area contributed by atoms with E-state index in [9.17, 15) is 9.59 Å². The average molecular weight is 469 g/mol. The summed E-state index contributed by atoms with van der Waals surface area (Å²) in [4.78, 5) is 30.1. The van der Waals surface area contributed by atoms with Gasteiger partial charge in [-0.05, 0) is 37.1 Å². The zero-order valence-electron chi connectivity index (χ0n) is 18.9. The van der Waals surface area contributed by atoms with Crippen LogP contribution in [0.15, 0.2) is 59.8 Å². The quantitative estimate of drug-likeness (QED) is 0.633. The third kappa shape index (κ3) is 5.15. The van der Waals surface area contributed by atoms with E-state index >= 15 is 0 Å². The van der Waals surface area contributed by atoms with Crippen molar-refractivity contribution in [2.75, 3.05) is 44.2 Å². The molecule has 2 aromatic carbocycles. The number of benzene rings is 2. The summed E-state index contributed by atoms with van der Waals surface area (Å²) in [6, 6.07) is 14.6. The van der Waals surface area contributed by atoms with E-state index in [2.05, 4.69) is 45.6 Å². The number of anilines is 1. The van der Waals surface area contributed by atoms with Crippen molar-refractivity contribution in [1.82, 2.24) is 15.5 Å². The molecular weight excluding hydrogens is 440 g/mol. The Hall–Kier alpha value is -3.03. The van der Waals surface area contributed by atoms with Crippen LogP contribution in [0.4, 0.5) is 10.5 Å². The molecule has 8 heteroatoms. The van der Waals surface area contributed by atoms with E-state index in [1.54, 1.807) is 13.0 Å². The first-order valence-corrected chi connectivity index (χ1v) is 11.6. The van der Waals surface area contributed by atoms with Crippen molar-refractivity contribution in [3.05, 3.63) is 76.0 Å². The van der Waals surface area contributed by atoms with E-state index in [1.165, 1.54) is 11.3 Å². The van der Waals surface area contributed by atoms with Crippen molar-refractivity contribution in [2.45, 2.75) is 19.9 Å². The third-order valence-corrected chi connectivity index (χ3v) is 6.42. The van der Waals surface area contributed by atoms with Crippen LogP contribution in [0.5, 0.6) is 0 Å². The number of piperazine rings is 1.